The molecule has 1 aliphatic carbocycles. The van der Waals surface area contributed by atoms with Gasteiger partial charge in [0.25, 0.3) is 5.91 Å². The number of rotatable bonds is 6. The van der Waals surface area contributed by atoms with Gasteiger partial charge in [-0.3, -0.25) is 4.79 Å². The number of carboxylic acid groups (broad SMARTS) is 1. The van der Waals surface area contributed by atoms with E-state index in [4.69, 9.17) is 9.84 Å². The van der Waals surface area contributed by atoms with Crippen LogP contribution < -0.4 is 5.32 Å². The average Bonchev–Trinajstić information content (AvgIpc) is 3.17. The molecule has 0 bridgehead atoms. The fourth-order valence-corrected chi connectivity index (χ4v) is 2.97. The van der Waals surface area contributed by atoms with Crippen LogP contribution in [0.2, 0.25) is 0 Å². The first-order valence-corrected chi connectivity index (χ1v) is 7.80. The van der Waals surface area contributed by atoms with Crippen molar-refractivity contribution in [3.8, 4) is 5.69 Å². The molecule has 2 aromatic rings. The van der Waals surface area contributed by atoms with Crippen LogP contribution >= 0.6 is 0 Å². The Bertz CT molecular complexity index is 755. The summed E-state index contributed by atoms with van der Waals surface area (Å²) in [5.74, 6) is -1.61. The number of hydrogen-bond acceptors (Lipinski definition) is 4. The first-order chi connectivity index (χ1) is 11.6. The lowest BCUT2D eigenvalue weighted by molar-refractivity contribution is -0.140. The lowest BCUT2D eigenvalue weighted by Crippen LogP contribution is -2.44. The Hall–Kier alpha value is -2.67. The van der Waals surface area contributed by atoms with Crippen LogP contribution in [0.15, 0.2) is 30.3 Å². The number of carbonyl (C=O) groups is 2. The normalized spacial score (nSPS) is 14.2. The molecule has 0 fully saturated rings. The third kappa shape index (κ3) is 3.03. The second kappa shape index (κ2) is 6.84. The fraction of sp³-hybridized carbons (Fsp3) is 0.353. The number of ether oxygens (including phenoxy) is 1. The molecule has 7 nitrogen and oxygen atoms in total. The minimum absolute atomic E-state index is 0.0946. The topological polar surface area (TPSA) is 93.5 Å². The number of para-hydroxylation sites is 1. The van der Waals surface area contributed by atoms with Crippen LogP contribution in [0.1, 0.15) is 28.2 Å². The van der Waals surface area contributed by atoms with E-state index in [0.29, 0.717) is 5.69 Å². The number of nitrogens with zero attached hydrogens (tertiary/aromatic N) is 2. The summed E-state index contributed by atoms with van der Waals surface area (Å²) >= 11 is 0. The van der Waals surface area contributed by atoms with Crippen molar-refractivity contribution in [3.63, 3.8) is 0 Å². The Kier molecular flexibility index (Phi) is 4.61. The summed E-state index contributed by atoms with van der Waals surface area (Å²) in [6.07, 6.45) is 2.58. The van der Waals surface area contributed by atoms with Gasteiger partial charge in [0.15, 0.2) is 11.7 Å². The summed E-state index contributed by atoms with van der Waals surface area (Å²) in [4.78, 5) is 23.7. The largest absolute Gasteiger partial charge is 0.480 e. The van der Waals surface area contributed by atoms with Crippen molar-refractivity contribution in [2.75, 3.05) is 13.7 Å². The Morgan fingerprint density at radius 2 is 2.08 bits per heavy atom. The minimum Gasteiger partial charge on any atom is -0.480 e. The van der Waals surface area contributed by atoms with Crippen LogP contribution in [0.3, 0.4) is 0 Å². The number of nitrogens with one attached hydrogen (secondary N) is 1. The molecule has 7 heteroatoms. The highest BCUT2D eigenvalue weighted by Crippen LogP contribution is 2.27. The molecular weight excluding hydrogens is 310 g/mol. The lowest BCUT2D eigenvalue weighted by Gasteiger charge is -2.12. The average molecular weight is 329 g/mol. The predicted molar refractivity (Wildman–Crippen MR) is 86.4 cm³/mol. The predicted octanol–water partition coefficient (Wildman–Crippen LogP) is 1.19. The van der Waals surface area contributed by atoms with Crippen molar-refractivity contribution in [3.05, 3.63) is 47.3 Å². The second-order valence-electron chi connectivity index (χ2n) is 5.69. The van der Waals surface area contributed by atoms with Crippen LogP contribution in [0.25, 0.3) is 5.69 Å². The number of amides is 1. The second-order valence-corrected chi connectivity index (χ2v) is 5.69. The van der Waals surface area contributed by atoms with Gasteiger partial charge < -0.3 is 15.2 Å². The van der Waals surface area contributed by atoms with Gasteiger partial charge in [-0.2, -0.15) is 5.10 Å². The monoisotopic (exact) mass is 329 g/mol. The maximum atomic E-state index is 12.5. The molecule has 1 unspecified atom stereocenters. The third-order valence-electron chi connectivity index (χ3n) is 4.08. The number of aliphatic carboxylic acids is 1. The molecule has 1 atom stereocenters. The van der Waals surface area contributed by atoms with Crippen molar-refractivity contribution in [1.82, 2.24) is 15.1 Å². The molecule has 3 rings (SSSR count). The molecule has 126 valence electrons. The number of carboxylic acids is 1. The zero-order valence-corrected chi connectivity index (χ0v) is 13.4. The molecule has 1 aromatic carbocycles. The summed E-state index contributed by atoms with van der Waals surface area (Å²) in [5.41, 5.74) is 3.11. The van der Waals surface area contributed by atoms with Gasteiger partial charge in [0.05, 0.1) is 12.3 Å². The number of benzene rings is 1. The van der Waals surface area contributed by atoms with E-state index in [1.165, 1.54) is 7.11 Å². The molecule has 0 spiro atoms. The van der Waals surface area contributed by atoms with Crippen molar-refractivity contribution in [2.24, 2.45) is 0 Å². The number of fused-ring (bicyclic) bond motifs is 1. The maximum absolute atomic E-state index is 12.5. The molecule has 1 amide bonds. The van der Waals surface area contributed by atoms with Gasteiger partial charge in [-0.1, -0.05) is 18.2 Å². The number of methoxy groups -OCH3 is 1. The first kappa shape index (κ1) is 16.2. The van der Waals surface area contributed by atoms with Crippen LogP contribution in [0.5, 0.6) is 0 Å². The van der Waals surface area contributed by atoms with E-state index in [2.05, 4.69) is 10.4 Å². The van der Waals surface area contributed by atoms with E-state index in [1.54, 1.807) is 4.68 Å². The van der Waals surface area contributed by atoms with Crippen LogP contribution in [0, 0.1) is 0 Å². The Morgan fingerprint density at radius 3 is 2.75 bits per heavy atom. The molecule has 1 aliphatic rings. The van der Waals surface area contributed by atoms with Crippen LogP contribution in [-0.4, -0.2) is 46.5 Å². The summed E-state index contributed by atoms with van der Waals surface area (Å²) in [5, 5.41) is 16.1. The standard InChI is InChI=1S/C17H19N3O4/c1-24-10-13(17(22)23)18-16(21)15-12-8-5-9-14(12)20(19-15)11-6-3-2-4-7-11/h2-4,6-7,13H,5,8-10H2,1H3,(H,18,21)(H,22,23). The van der Waals surface area contributed by atoms with Crippen LogP contribution in [-0.2, 0) is 22.4 Å². The third-order valence-corrected chi connectivity index (χ3v) is 4.08. The quantitative estimate of drug-likeness (QED) is 0.830. The smallest absolute Gasteiger partial charge is 0.328 e. The van der Waals surface area contributed by atoms with E-state index in [-0.39, 0.29) is 6.61 Å². The summed E-state index contributed by atoms with van der Waals surface area (Å²) < 4.78 is 6.63. The highest BCUT2D eigenvalue weighted by molar-refractivity contribution is 5.96. The van der Waals surface area contributed by atoms with Gasteiger partial charge in [-0.15, -0.1) is 0 Å². The molecule has 24 heavy (non-hydrogen) atoms. The summed E-state index contributed by atoms with van der Waals surface area (Å²) in [6, 6.07) is 8.51. The number of hydrogen-bond donors (Lipinski definition) is 2. The van der Waals surface area contributed by atoms with Gasteiger partial charge in [0, 0.05) is 18.4 Å². The SMILES string of the molecule is COCC(NC(=O)c1nn(-c2ccccc2)c2c1CCC2)C(=O)O. The molecule has 0 aliphatic heterocycles. The molecular formula is C17H19N3O4. The molecule has 0 saturated heterocycles. The van der Waals surface area contributed by atoms with Crippen molar-refractivity contribution >= 4 is 11.9 Å². The van der Waals surface area contributed by atoms with E-state index >= 15 is 0 Å². The van der Waals surface area contributed by atoms with Crippen LogP contribution in [0.4, 0.5) is 0 Å². The minimum atomic E-state index is -1.13. The Morgan fingerprint density at radius 1 is 1.33 bits per heavy atom. The van der Waals surface area contributed by atoms with Gasteiger partial charge in [-0.05, 0) is 31.4 Å². The van der Waals surface area contributed by atoms with Crippen molar-refractivity contribution < 1.29 is 19.4 Å². The zero-order valence-electron chi connectivity index (χ0n) is 13.4. The number of aromatic nitrogens is 2. The maximum Gasteiger partial charge on any atom is 0.328 e. The molecule has 1 aromatic heterocycles. The van der Waals surface area contributed by atoms with Gasteiger partial charge in [-0.25, -0.2) is 9.48 Å². The Balaban J connectivity index is 1.92. The molecule has 1 heterocycles. The van der Waals surface area contributed by atoms with E-state index in [9.17, 15) is 9.59 Å². The van der Waals surface area contributed by atoms with Gasteiger partial charge in [0.2, 0.25) is 0 Å². The lowest BCUT2D eigenvalue weighted by atomic mass is 10.2. The van der Waals surface area contributed by atoms with Gasteiger partial charge in [0.1, 0.15) is 0 Å². The number of carbonyl (C=O) groups excluding carboxylic acids is 1. The van der Waals surface area contributed by atoms with Crippen molar-refractivity contribution in [1.29, 1.82) is 0 Å². The van der Waals surface area contributed by atoms with E-state index in [0.717, 1.165) is 36.2 Å². The van der Waals surface area contributed by atoms with E-state index < -0.39 is 17.9 Å². The molecule has 2 N–H and O–H groups in total. The highest BCUT2D eigenvalue weighted by Gasteiger charge is 2.29. The van der Waals surface area contributed by atoms with Crippen molar-refractivity contribution in [2.45, 2.75) is 25.3 Å². The first-order valence-electron chi connectivity index (χ1n) is 7.80. The van der Waals surface area contributed by atoms with Gasteiger partial charge >= 0.3 is 5.97 Å². The zero-order chi connectivity index (χ0) is 17.1. The molecule has 0 saturated carbocycles. The highest BCUT2D eigenvalue weighted by atomic mass is 16.5. The fourth-order valence-electron chi connectivity index (χ4n) is 2.97. The van der Waals surface area contributed by atoms with E-state index in [1.807, 2.05) is 30.3 Å². The molecule has 0 radical (unpaired) electrons. The summed E-state index contributed by atoms with van der Waals surface area (Å²) in [6.45, 7) is -0.0946. The summed E-state index contributed by atoms with van der Waals surface area (Å²) in [7, 11) is 1.39. The Labute approximate surface area is 139 Å².